The molecule has 0 aliphatic carbocycles. The van der Waals surface area contributed by atoms with Gasteiger partial charge in [0.25, 0.3) is 12.3 Å². The molecule has 0 radical (unpaired) electrons. The van der Waals surface area contributed by atoms with E-state index in [1.807, 2.05) is 0 Å². The Hall–Kier alpha value is -1.95. The number of hydrogen-bond donors (Lipinski definition) is 0. The molecule has 130 valence electrons. The number of benzene rings is 1. The number of carbonyl (C=O) groups excluding carboxylic acids is 1. The summed E-state index contributed by atoms with van der Waals surface area (Å²) in [6.45, 7) is 0. The highest BCUT2D eigenvalue weighted by Gasteiger charge is 2.38. The highest BCUT2D eigenvalue weighted by Crippen LogP contribution is 2.29. The predicted octanol–water partition coefficient (Wildman–Crippen LogP) is 3.38. The molecular weight excluding hydrogens is 377 g/mol. The number of hydrogen-bond acceptors (Lipinski definition) is 5. The zero-order chi connectivity index (χ0) is 18.1. The third-order valence-electron chi connectivity index (χ3n) is 2.87. The fourth-order valence-electron chi connectivity index (χ4n) is 1.69. The van der Waals surface area contributed by atoms with Gasteiger partial charge in [0.15, 0.2) is 16.5 Å². The van der Waals surface area contributed by atoms with Gasteiger partial charge in [0.2, 0.25) is 0 Å². The van der Waals surface area contributed by atoms with Crippen molar-refractivity contribution in [2.24, 2.45) is 0 Å². The summed E-state index contributed by atoms with van der Waals surface area (Å²) in [7, 11) is -1.94. The van der Waals surface area contributed by atoms with Gasteiger partial charge in [-0.1, -0.05) is 4.49 Å². The van der Waals surface area contributed by atoms with Gasteiger partial charge >= 0.3 is 5.51 Å². The first-order chi connectivity index (χ1) is 11.1. The highest BCUT2D eigenvalue weighted by atomic mass is 32.2. The monoisotopic (exact) mass is 385 g/mol. The van der Waals surface area contributed by atoms with Crippen LogP contribution in [-0.4, -0.2) is 32.3 Å². The average molecular weight is 385 g/mol. The molecule has 2 rings (SSSR count). The number of aromatic nitrogens is 2. The maximum absolute atomic E-state index is 12.7. The normalized spacial score (nSPS) is 13.1. The summed E-state index contributed by atoms with van der Waals surface area (Å²) in [6, 6.07) is 4.16. The smallest absolute Gasteiger partial charge is 0.311 e. The van der Waals surface area contributed by atoms with Crippen LogP contribution < -0.4 is 4.90 Å². The number of rotatable bonds is 4. The van der Waals surface area contributed by atoms with Gasteiger partial charge in [0.1, 0.15) is 4.88 Å². The zero-order valence-corrected chi connectivity index (χ0v) is 13.4. The number of anilines is 1. The number of nitrogens with zero attached hydrogens (tertiary/aromatic N) is 3. The Kier molecular flexibility index (Phi) is 5.28. The van der Waals surface area contributed by atoms with Crippen LogP contribution in [0.2, 0.25) is 0 Å². The van der Waals surface area contributed by atoms with E-state index in [4.69, 9.17) is 0 Å². The molecule has 0 spiro atoms. The maximum Gasteiger partial charge on any atom is 0.475 e. The van der Waals surface area contributed by atoms with Crippen LogP contribution in [0.15, 0.2) is 29.2 Å². The Balaban J connectivity index is 2.24. The Bertz CT molecular complexity index is 761. The average Bonchev–Trinajstić information content (AvgIpc) is 3.02. The van der Waals surface area contributed by atoms with Gasteiger partial charge in [0.05, 0.1) is 0 Å². The van der Waals surface area contributed by atoms with E-state index in [1.165, 1.54) is 7.05 Å². The van der Waals surface area contributed by atoms with Crippen LogP contribution in [0, 0.1) is 0 Å². The summed E-state index contributed by atoms with van der Waals surface area (Å²) in [5, 5.41) is 3.18. The van der Waals surface area contributed by atoms with Crippen molar-refractivity contribution >= 4 is 33.9 Å². The Morgan fingerprint density at radius 1 is 1.25 bits per heavy atom. The number of amides is 1. The van der Waals surface area contributed by atoms with E-state index < -0.39 is 39.2 Å². The second-order valence-corrected chi connectivity index (χ2v) is 6.59. The number of alkyl halides is 5. The van der Waals surface area contributed by atoms with Crippen molar-refractivity contribution < 1.29 is 31.0 Å². The van der Waals surface area contributed by atoms with Crippen molar-refractivity contribution in [2.75, 3.05) is 11.9 Å². The molecule has 1 amide bonds. The molecule has 1 atom stereocenters. The molecule has 1 aromatic carbocycles. The molecule has 0 aliphatic rings. The van der Waals surface area contributed by atoms with Crippen molar-refractivity contribution in [3.05, 3.63) is 34.8 Å². The topological polar surface area (TPSA) is 63.2 Å². The van der Waals surface area contributed by atoms with Gasteiger partial charge in [-0.3, -0.25) is 4.79 Å². The minimum Gasteiger partial charge on any atom is -0.311 e. The van der Waals surface area contributed by atoms with Crippen molar-refractivity contribution in [3.63, 3.8) is 0 Å². The zero-order valence-electron chi connectivity index (χ0n) is 11.8. The van der Waals surface area contributed by atoms with Crippen LogP contribution in [0.1, 0.15) is 21.8 Å². The molecule has 1 unspecified atom stereocenters. The van der Waals surface area contributed by atoms with E-state index in [0.717, 1.165) is 29.2 Å². The second-order valence-electron chi connectivity index (χ2n) is 4.36. The maximum atomic E-state index is 12.7. The summed E-state index contributed by atoms with van der Waals surface area (Å²) in [5.74, 6) is -0.829. The van der Waals surface area contributed by atoms with Gasteiger partial charge in [-0.05, 0) is 35.8 Å². The van der Waals surface area contributed by atoms with Gasteiger partial charge in [0, 0.05) is 17.6 Å². The molecule has 12 heteroatoms. The molecule has 0 aliphatic heterocycles. The molecule has 0 saturated heterocycles. The van der Waals surface area contributed by atoms with Gasteiger partial charge in [-0.2, -0.15) is 13.2 Å². The minimum atomic E-state index is -4.90. The first-order valence-electron chi connectivity index (χ1n) is 6.10. The van der Waals surface area contributed by atoms with Gasteiger partial charge in [-0.25, -0.2) is 13.0 Å². The molecule has 2 aromatic rings. The van der Waals surface area contributed by atoms with E-state index >= 15 is 0 Å². The Morgan fingerprint density at radius 2 is 1.83 bits per heavy atom. The molecule has 0 saturated carbocycles. The molecule has 1 aromatic heterocycles. The SMILES string of the molecule is CN(C(=O)c1snnc1C(F)F)c1ccc(S(=O)C(F)(F)F)cc1. The van der Waals surface area contributed by atoms with Crippen molar-refractivity contribution in [1.82, 2.24) is 9.59 Å². The van der Waals surface area contributed by atoms with Crippen molar-refractivity contribution in [3.8, 4) is 0 Å². The van der Waals surface area contributed by atoms with Crippen molar-refractivity contribution in [2.45, 2.75) is 16.8 Å². The summed E-state index contributed by atoms with van der Waals surface area (Å²) < 4.78 is 77.1. The van der Waals surface area contributed by atoms with E-state index in [2.05, 4.69) is 9.59 Å². The van der Waals surface area contributed by atoms with E-state index in [0.29, 0.717) is 11.5 Å². The first-order valence-corrected chi connectivity index (χ1v) is 8.02. The van der Waals surface area contributed by atoms with Gasteiger partial charge < -0.3 is 4.90 Å². The molecule has 24 heavy (non-hydrogen) atoms. The van der Waals surface area contributed by atoms with Crippen LogP contribution >= 0.6 is 11.5 Å². The number of carbonyl (C=O) groups is 1. The fraction of sp³-hybridized carbons (Fsp3) is 0.250. The Labute approximate surface area is 138 Å². The van der Waals surface area contributed by atoms with Gasteiger partial charge in [-0.15, -0.1) is 5.10 Å². The molecule has 0 bridgehead atoms. The standard InChI is InChI=1S/C12H8F5N3O2S2/c1-20(11(21)9-8(10(13)14)18-19-23-9)6-2-4-7(5-3-6)24(22)12(15,16)17/h2-5,10H,1H3. The van der Waals surface area contributed by atoms with E-state index in [-0.39, 0.29) is 10.6 Å². The lowest BCUT2D eigenvalue weighted by atomic mass is 10.2. The lowest BCUT2D eigenvalue weighted by molar-refractivity contribution is -0.0384. The fourth-order valence-corrected chi connectivity index (χ4v) is 2.98. The number of halogens is 5. The molecule has 5 nitrogen and oxygen atoms in total. The van der Waals surface area contributed by atoms with Crippen LogP contribution in [0.4, 0.5) is 27.6 Å². The second kappa shape index (κ2) is 6.89. The third kappa shape index (κ3) is 3.75. The predicted molar refractivity (Wildman–Crippen MR) is 76.5 cm³/mol. The lowest BCUT2D eigenvalue weighted by Gasteiger charge is -2.17. The van der Waals surface area contributed by atoms with Crippen LogP contribution in [-0.2, 0) is 10.8 Å². The van der Waals surface area contributed by atoms with Crippen LogP contribution in [0.25, 0.3) is 0 Å². The van der Waals surface area contributed by atoms with E-state index in [9.17, 15) is 31.0 Å². The quantitative estimate of drug-likeness (QED) is 0.757. The lowest BCUT2D eigenvalue weighted by Crippen LogP contribution is -2.26. The Morgan fingerprint density at radius 3 is 2.33 bits per heavy atom. The molecule has 1 heterocycles. The van der Waals surface area contributed by atoms with E-state index in [1.54, 1.807) is 0 Å². The summed E-state index contributed by atoms with van der Waals surface area (Å²) >= 11 is 0.491. The summed E-state index contributed by atoms with van der Waals surface area (Å²) in [6.07, 6.45) is -2.98. The summed E-state index contributed by atoms with van der Waals surface area (Å²) in [4.78, 5) is 12.3. The van der Waals surface area contributed by atoms with Crippen LogP contribution in [0.3, 0.4) is 0 Å². The molecular formula is C12H8F5N3O2S2. The highest BCUT2D eigenvalue weighted by molar-refractivity contribution is 7.86. The molecule has 0 fully saturated rings. The third-order valence-corrected chi connectivity index (χ3v) is 4.72. The first kappa shape index (κ1) is 18.4. The molecule has 0 N–H and O–H groups in total. The van der Waals surface area contributed by atoms with Crippen molar-refractivity contribution in [1.29, 1.82) is 0 Å². The minimum absolute atomic E-state index is 0.136. The van der Waals surface area contributed by atoms with Crippen LogP contribution in [0.5, 0.6) is 0 Å². The summed E-state index contributed by atoms with van der Waals surface area (Å²) in [5.41, 5.74) is -5.52. The largest absolute Gasteiger partial charge is 0.475 e.